The second kappa shape index (κ2) is 7.87. The molecule has 2 heterocycles. The molecular weight excluding hydrogens is 390 g/mol. The molecule has 2 aromatic carbocycles. The van der Waals surface area contributed by atoms with Gasteiger partial charge in [0.1, 0.15) is 5.54 Å². The Morgan fingerprint density at radius 3 is 2.28 bits per heavy atom. The Balaban J connectivity index is 1.38. The highest BCUT2D eigenvalue weighted by Gasteiger charge is 2.52. The summed E-state index contributed by atoms with van der Waals surface area (Å²) in [6, 6.07) is 16.3. The van der Waals surface area contributed by atoms with Crippen LogP contribution >= 0.6 is 11.6 Å². The van der Waals surface area contributed by atoms with Crippen LogP contribution in [-0.4, -0.2) is 46.3 Å². The lowest BCUT2D eigenvalue weighted by Crippen LogP contribution is -2.56. The number of likely N-dealkylation sites (tertiary alicyclic amines) is 1. The Bertz CT molecular complexity index is 922. The highest BCUT2D eigenvalue weighted by Crippen LogP contribution is 2.30. The zero-order valence-corrected chi connectivity index (χ0v) is 16.7. The second-order valence-electron chi connectivity index (χ2n) is 7.57. The number of carbonyl (C=O) groups excluding carboxylic acids is 3. The van der Waals surface area contributed by atoms with E-state index in [4.69, 9.17) is 11.6 Å². The molecule has 2 aliphatic heterocycles. The van der Waals surface area contributed by atoms with Crippen LogP contribution in [0, 0.1) is 0 Å². The minimum Gasteiger partial charge on any atom is -0.342 e. The number of nitrogens with one attached hydrogen (secondary N) is 1. The maximum atomic E-state index is 13.0. The van der Waals surface area contributed by atoms with Crippen LogP contribution < -0.4 is 5.32 Å². The Labute approximate surface area is 174 Å². The molecule has 2 saturated heterocycles. The topological polar surface area (TPSA) is 69.7 Å². The summed E-state index contributed by atoms with van der Waals surface area (Å²) in [5, 5.41) is 3.49. The number of hydrogen-bond acceptors (Lipinski definition) is 3. The van der Waals surface area contributed by atoms with Gasteiger partial charge in [-0.25, -0.2) is 4.79 Å². The molecule has 7 heteroatoms. The monoisotopic (exact) mass is 411 g/mol. The Morgan fingerprint density at radius 2 is 1.62 bits per heavy atom. The third-order valence-electron chi connectivity index (χ3n) is 5.67. The maximum absolute atomic E-state index is 13.0. The van der Waals surface area contributed by atoms with Crippen LogP contribution in [0.5, 0.6) is 0 Å². The first kappa shape index (κ1) is 19.5. The van der Waals surface area contributed by atoms with Gasteiger partial charge in [0.2, 0.25) is 5.91 Å². The van der Waals surface area contributed by atoms with Crippen LogP contribution in [0.15, 0.2) is 54.6 Å². The van der Waals surface area contributed by atoms with Gasteiger partial charge in [0.05, 0.1) is 13.0 Å². The van der Waals surface area contributed by atoms with Crippen molar-refractivity contribution in [3.05, 3.63) is 70.7 Å². The minimum absolute atomic E-state index is 0.0424. The molecular formula is C22H22ClN3O3. The van der Waals surface area contributed by atoms with Gasteiger partial charge in [0.25, 0.3) is 5.91 Å². The van der Waals surface area contributed by atoms with Crippen molar-refractivity contribution in [1.82, 2.24) is 15.1 Å². The van der Waals surface area contributed by atoms with Gasteiger partial charge in [0.15, 0.2) is 0 Å². The summed E-state index contributed by atoms with van der Waals surface area (Å²) >= 11 is 5.90. The Morgan fingerprint density at radius 1 is 0.966 bits per heavy atom. The predicted molar refractivity (Wildman–Crippen MR) is 109 cm³/mol. The molecule has 1 spiro atoms. The zero-order chi connectivity index (χ0) is 20.4. The molecule has 0 atom stereocenters. The van der Waals surface area contributed by atoms with E-state index in [1.165, 1.54) is 4.90 Å². The SMILES string of the molecule is O=C(Cc1ccccc1)N1CCC2(CC1)NC(=O)N(Cc1ccc(Cl)cc1)C2=O. The van der Waals surface area contributed by atoms with Crippen molar-refractivity contribution in [2.24, 2.45) is 0 Å². The summed E-state index contributed by atoms with van der Waals surface area (Å²) in [6.07, 6.45) is 1.20. The Hall–Kier alpha value is -2.86. The van der Waals surface area contributed by atoms with E-state index in [1.54, 1.807) is 29.2 Å². The molecule has 0 bridgehead atoms. The van der Waals surface area contributed by atoms with Crippen molar-refractivity contribution < 1.29 is 14.4 Å². The van der Waals surface area contributed by atoms with Gasteiger partial charge in [0, 0.05) is 18.1 Å². The van der Waals surface area contributed by atoms with Crippen LogP contribution in [0.25, 0.3) is 0 Å². The fraction of sp³-hybridized carbons (Fsp3) is 0.318. The van der Waals surface area contributed by atoms with E-state index in [9.17, 15) is 14.4 Å². The van der Waals surface area contributed by atoms with Crippen molar-refractivity contribution in [1.29, 1.82) is 0 Å². The maximum Gasteiger partial charge on any atom is 0.325 e. The molecule has 0 radical (unpaired) electrons. The van der Waals surface area contributed by atoms with E-state index in [0.717, 1.165) is 11.1 Å². The van der Waals surface area contributed by atoms with E-state index < -0.39 is 5.54 Å². The number of rotatable bonds is 4. The number of halogens is 1. The van der Waals surface area contributed by atoms with Crippen LogP contribution in [0.2, 0.25) is 5.02 Å². The number of nitrogens with zero attached hydrogens (tertiary/aromatic N) is 2. The van der Waals surface area contributed by atoms with Gasteiger partial charge in [-0.15, -0.1) is 0 Å². The van der Waals surface area contributed by atoms with E-state index in [2.05, 4.69) is 5.32 Å². The fourth-order valence-electron chi connectivity index (χ4n) is 3.95. The highest BCUT2D eigenvalue weighted by molar-refractivity contribution is 6.30. The molecule has 150 valence electrons. The molecule has 1 N–H and O–H groups in total. The van der Waals surface area contributed by atoms with Crippen LogP contribution in [0.3, 0.4) is 0 Å². The number of hydrogen-bond donors (Lipinski definition) is 1. The molecule has 0 unspecified atom stereocenters. The van der Waals surface area contributed by atoms with Gasteiger partial charge in [-0.3, -0.25) is 14.5 Å². The predicted octanol–water partition coefficient (Wildman–Crippen LogP) is 3.00. The molecule has 6 nitrogen and oxygen atoms in total. The summed E-state index contributed by atoms with van der Waals surface area (Å²) in [5.74, 6) is -0.173. The number of amides is 4. The van der Waals surface area contributed by atoms with E-state index in [-0.39, 0.29) is 24.4 Å². The number of carbonyl (C=O) groups is 3. The number of benzene rings is 2. The molecule has 2 aromatic rings. The van der Waals surface area contributed by atoms with Gasteiger partial charge >= 0.3 is 6.03 Å². The van der Waals surface area contributed by atoms with Crippen molar-refractivity contribution in [3.8, 4) is 0 Å². The van der Waals surface area contributed by atoms with Crippen LogP contribution in [-0.2, 0) is 22.6 Å². The molecule has 4 amide bonds. The average Bonchev–Trinajstić information content (AvgIpc) is 2.95. The summed E-state index contributed by atoms with van der Waals surface area (Å²) in [5.41, 5.74) is 0.898. The van der Waals surface area contributed by atoms with Gasteiger partial charge in [-0.05, 0) is 36.1 Å². The van der Waals surface area contributed by atoms with Crippen LogP contribution in [0.1, 0.15) is 24.0 Å². The molecule has 0 aliphatic carbocycles. The molecule has 4 rings (SSSR count). The third-order valence-corrected chi connectivity index (χ3v) is 5.92. The normalized spacial score (nSPS) is 18.2. The fourth-order valence-corrected chi connectivity index (χ4v) is 4.08. The first-order valence-corrected chi connectivity index (χ1v) is 10.0. The summed E-state index contributed by atoms with van der Waals surface area (Å²) in [4.78, 5) is 41.1. The first-order valence-electron chi connectivity index (χ1n) is 9.67. The third kappa shape index (κ3) is 3.98. The molecule has 2 fully saturated rings. The average molecular weight is 412 g/mol. The minimum atomic E-state index is -0.910. The van der Waals surface area contributed by atoms with E-state index in [0.29, 0.717) is 37.4 Å². The molecule has 29 heavy (non-hydrogen) atoms. The number of imide groups is 1. The lowest BCUT2D eigenvalue weighted by atomic mass is 9.87. The van der Waals surface area contributed by atoms with E-state index >= 15 is 0 Å². The quantitative estimate of drug-likeness (QED) is 0.786. The smallest absolute Gasteiger partial charge is 0.325 e. The number of urea groups is 1. The first-order chi connectivity index (χ1) is 14.0. The largest absolute Gasteiger partial charge is 0.342 e. The van der Waals surface area contributed by atoms with E-state index in [1.807, 2.05) is 30.3 Å². The summed E-state index contributed by atoms with van der Waals surface area (Å²) in [7, 11) is 0. The number of piperidine rings is 1. The van der Waals surface area contributed by atoms with Crippen LogP contribution in [0.4, 0.5) is 4.79 Å². The lowest BCUT2D eigenvalue weighted by Gasteiger charge is -2.37. The van der Waals surface area contributed by atoms with Gasteiger partial charge < -0.3 is 10.2 Å². The zero-order valence-electron chi connectivity index (χ0n) is 15.9. The van der Waals surface area contributed by atoms with Crippen molar-refractivity contribution in [2.75, 3.05) is 13.1 Å². The summed E-state index contributed by atoms with van der Waals surface area (Å²) in [6.45, 7) is 1.11. The van der Waals surface area contributed by atoms with Crippen molar-refractivity contribution >= 4 is 29.4 Å². The molecule has 2 aliphatic rings. The Kier molecular flexibility index (Phi) is 5.28. The van der Waals surface area contributed by atoms with Gasteiger partial charge in [-0.1, -0.05) is 54.1 Å². The highest BCUT2D eigenvalue weighted by atomic mass is 35.5. The molecule has 0 aromatic heterocycles. The second-order valence-corrected chi connectivity index (χ2v) is 8.01. The van der Waals surface area contributed by atoms with Crippen molar-refractivity contribution in [3.63, 3.8) is 0 Å². The standard InChI is InChI=1S/C22H22ClN3O3/c23-18-8-6-17(7-9-18)15-26-20(28)22(24-21(26)29)10-12-25(13-11-22)19(27)14-16-4-2-1-3-5-16/h1-9H,10-15H2,(H,24,29). The molecule has 0 saturated carbocycles. The lowest BCUT2D eigenvalue weighted by molar-refractivity contribution is -0.138. The summed E-state index contributed by atoms with van der Waals surface area (Å²) < 4.78 is 0. The van der Waals surface area contributed by atoms with Crippen molar-refractivity contribution in [2.45, 2.75) is 31.3 Å². The van der Waals surface area contributed by atoms with Gasteiger partial charge in [-0.2, -0.15) is 0 Å².